The number of ether oxygens (including phenoxy) is 2. The Labute approximate surface area is 128 Å². The van der Waals surface area contributed by atoms with Gasteiger partial charge in [0, 0.05) is 15.9 Å². The smallest absolute Gasteiger partial charge is 0.162 e. The molecule has 1 saturated carbocycles. The second kappa shape index (κ2) is 4.92. The largest absolute Gasteiger partial charge is 0.489 e. The highest BCUT2D eigenvalue weighted by molar-refractivity contribution is 9.10. The van der Waals surface area contributed by atoms with E-state index < -0.39 is 0 Å². The third kappa shape index (κ3) is 2.44. The molecule has 2 aliphatic heterocycles. The molecule has 108 valence electrons. The number of fused-ring (bicyclic) bond motifs is 1. The van der Waals surface area contributed by atoms with Crippen molar-refractivity contribution < 1.29 is 9.47 Å². The highest BCUT2D eigenvalue weighted by atomic mass is 79.9. The minimum Gasteiger partial charge on any atom is -0.489 e. The van der Waals surface area contributed by atoms with Gasteiger partial charge in [-0.15, -0.1) is 0 Å². The molecule has 4 rings (SSSR count). The Kier molecular flexibility index (Phi) is 3.19. The zero-order valence-electron chi connectivity index (χ0n) is 11.6. The lowest BCUT2D eigenvalue weighted by molar-refractivity contribution is 0.197. The van der Waals surface area contributed by atoms with E-state index in [0.717, 1.165) is 42.2 Å². The van der Waals surface area contributed by atoms with Crippen molar-refractivity contribution in [2.75, 3.05) is 19.8 Å². The van der Waals surface area contributed by atoms with E-state index in [1.54, 1.807) is 0 Å². The molecule has 2 heterocycles. The molecule has 1 aliphatic carbocycles. The summed E-state index contributed by atoms with van der Waals surface area (Å²) in [6.07, 6.45) is 6.09. The van der Waals surface area contributed by atoms with Crippen molar-refractivity contribution in [3.8, 4) is 11.5 Å². The van der Waals surface area contributed by atoms with Crippen molar-refractivity contribution in [1.29, 1.82) is 0 Å². The van der Waals surface area contributed by atoms with E-state index in [2.05, 4.69) is 33.4 Å². The van der Waals surface area contributed by atoms with Crippen LogP contribution in [0.5, 0.6) is 11.5 Å². The zero-order chi connectivity index (χ0) is 13.6. The van der Waals surface area contributed by atoms with Gasteiger partial charge in [0.15, 0.2) is 11.5 Å². The van der Waals surface area contributed by atoms with Gasteiger partial charge in [0.2, 0.25) is 0 Å². The van der Waals surface area contributed by atoms with Gasteiger partial charge in [-0.25, -0.2) is 0 Å². The Morgan fingerprint density at radius 2 is 1.95 bits per heavy atom. The van der Waals surface area contributed by atoms with Crippen LogP contribution in [0.25, 0.3) is 0 Å². The standard InChI is InChI=1S/C16H20BrNO2/c17-13-8-15-14(19-9-16(3-4-16)10-20-15)7-11(13)6-12-2-1-5-18-12/h7-8,12,18H,1-6,9-10H2. The number of hydrogen-bond acceptors (Lipinski definition) is 3. The fourth-order valence-electron chi connectivity index (χ4n) is 3.12. The van der Waals surface area contributed by atoms with Crippen LogP contribution in [0.15, 0.2) is 16.6 Å². The van der Waals surface area contributed by atoms with E-state index >= 15 is 0 Å². The summed E-state index contributed by atoms with van der Waals surface area (Å²) in [5, 5.41) is 3.55. The Morgan fingerprint density at radius 3 is 2.60 bits per heavy atom. The molecule has 0 radical (unpaired) electrons. The van der Waals surface area contributed by atoms with E-state index in [-0.39, 0.29) is 0 Å². The molecule has 20 heavy (non-hydrogen) atoms. The van der Waals surface area contributed by atoms with Crippen LogP contribution in [-0.2, 0) is 6.42 Å². The van der Waals surface area contributed by atoms with Gasteiger partial charge >= 0.3 is 0 Å². The van der Waals surface area contributed by atoms with Gasteiger partial charge in [-0.2, -0.15) is 0 Å². The third-order valence-corrected chi connectivity index (χ3v) is 5.50. The lowest BCUT2D eigenvalue weighted by atomic mass is 10.0. The molecule has 1 atom stereocenters. The van der Waals surface area contributed by atoms with Crippen LogP contribution in [0.1, 0.15) is 31.2 Å². The highest BCUT2D eigenvalue weighted by Crippen LogP contribution is 2.49. The van der Waals surface area contributed by atoms with Crippen molar-refractivity contribution in [1.82, 2.24) is 5.32 Å². The number of rotatable bonds is 2. The van der Waals surface area contributed by atoms with Crippen molar-refractivity contribution in [2.45, 2.75) is 38.1 Å². The van der Waals surface area contributed by atoms with Crippen molar-refractivity contribution in [2.24, 2.45) is 5.41 Å². The molecule has 0 amide bonds. The zero-order valence-corrected chi connectivity index (χ0v) is 13.2. The molecule has 2 fully saturated rings. The quantitative estimate of drug-likeness (QED) is 0.898. The molecule has 0 bridgehead atoms. The van der Waals surface area contributed by atoms with Crippen LogP contribution >= 0.6 is 15.9 Å². The maximum atomic E-state index is 6.02. The number of benzene rings is 1. The first-order valence-electron chi connectivity index (χ1n) is 7.56. The van der Waals surface area contributed by atoms with Crippen molar-refractivity contribution in [3.05, 3.63) is 22.2 Å². The summed E-state index contributed by atoms with van der Waals surface area (Å²) >= 11 is 3.69. The van der Waals surface area contributed by atoms with Crippen LogP contribution < -0.4 is 14.8 Å². The normalized spacial score (nSPS) is 26.6. The van der Waals surface area contributed by atoms with Gasteiger partial charge in [-0.3, -0.25) is 0 Å². The topological polar surface area (TPSA) is 30.5 Å². The van der Waals surface area contributed by atoms with Gasteiger partial charge in [0.25, 0.3) is 0 Å². The second-order valence-electron chi connectivity index (χ2n) is 6.47. The molecule has 4 heteroatoms. The molecule has 3 nitrogen and oxygen atoms in total. The van der Waals surface area contributed by atoms with E-state index in [1.165, 1.54) is 31.2 Å². The maximum Gasteiger partial charge on any atom is 0.162 e. The van der Waals surface area contributed by atoms with Gasteiger partial charge in [-0.05, 0) is 56.3 Å². The molecule has 1 spiro atoms. The van der Waals surface area contributed by atoms with Crippen LogP contribution in [0.3, 0.4) is 0 Å². The Morgan fingerprint density at radius 1 is 1.20 bits per heavy atom. The van der Waals surface area contributed by atoms with Crippen molar-refractivity contribution >= 4 is 15.9 Å². The Balaban J connectivity index is 1.57. The van der Waals surface area contributed by atoms with E-state index in [4.69, 9.17) is 9.47 Å². The van der Waals surface area contributed by atoms with Gasteiger partial charge < -0.3 is 14.8 Å². The average molecular weight is 338 g/mol. The lowest BCUT2D eigenvalue weighted by Gasteiger charge is -2.15. The molecule has 1 aromatic carbocycles. The third-order valence-electron chi connectivity index (χ3n) is 4.77. The van der Waals surface area contributed by atoms with Crippen molar-refractivity contribution in [3.63, 3.8) is 0 Å². The summed E-state index contributed by atoms with van der Waals surface area (Å²) in [5.41, 5.74) is 1.62. The van der Waals surface area contributed by atoms with E-state index in [1.807, 2.05) is 0 Å². The molecular formula is C16H20BrNO2. The number of hydrogen-bond donors (Lipinski definition) is 1. The highest BCUT2D eigenvalue weighted by Gasteiger charge is 2.46. The number of nitrogens with one attached hydrogen (secondary N) is 1. The first-order valence-corrected chi connectivity index (χ1v) is 8.35. The Bertz CT molecular complexity index is 521. The fraction of sp³-hybridized carbons (Fsp3) is 0.625. The lowest BCUT2D eigenvalue weighted by Crippen LogP contribution is -2.23. The molecule has 1 saturated heterocycles. The molecule has 1 aromatic rings. The van der Waals surface area contributed by atoms with E-state index in [0.29, 0.717) is 11.5 Å². The summed E-state index contributed by atoms with van der Waals surface area (Å²) in [4.78, 5) is 0. The predicted octanol–water partition coefficient (Wildman–Crippen LogP) is 3.30. The summed E-state index contributed by atoms with van der Waals surface area (Å²) in [7, 11) is 0. The minimum atomic E-state index is 0.304. The fourth-order valence-corrected chi connectivity index (χ4v) is 3.61. The molecule has 3 aliphatic rings. The number of halogens is 1. The molecule has 1 unspecified atom stereocenters. The molecule has 0 aromatic heterocycles. The van der Waals surface area contributed by atoms with Gasteiger partial charge in [0.05, 0.1) is 13.2 Å². The van der Waals surface area contributed by atoms with Crippen LogP contribution in [0.4, 0.5) is 0 Å². The monoisotopic (exact) mass is 337 g/mol. The second-order valence-corrected chi connectivity index (χ2v) is 7.32. The van der Waals surface area contributed by atoms with Crippen LogP contribution in [-0.4, -0.2) is 25.8 Å². The van der Waals surface area contributed by atoms with E-state index in [9.17, 15) is 0 Å². The minimum absolute atomic E-state index is 0.304. The molecule has 1 N–H and O–H groups in total. The SMILES string of the molecule is Brc1cc2c(cc1CC1CCCN1)OCC1(CC1)CO2. The van der Waals surface area contributed by atoms with Gasteiger partial charge in [-0.1, -0.05) is 15.9 Å². The first kappa shape index (κ1) is 13.0. The van der Waals surface area contributed by atoms with Crippen LogP contribution in [0.2, 0.25) is 0 Å². The molecular weight excluding hydrogens is 318 g/mol. The first-order chi connectivity index (χ1) is 9.74. The van der Waals surface area contributed by atoms with Gasteiger partial charge in [0.1, 0.15) is 0 Å². The predicted molar refractivity (Wildman–Crippen MR) is 81.5 cm³/mol. The van der Waals surface area contributed by atoms with Crippen LogP contribution in [0, 0.1) is 5.41 Å². The Hall–Kier alpha value is -0.740. The summed E-state index contributed by atoms with van der Waals surface area (Å²) in [6, 6.07) is 4.85. The summed E-state index contributed by atoms with van der Waals surface area (Å²) < 4.78 is 13.1. The average Bonchev–Trinajstić information content (AvgIpc) is 3.08. The summed E-state index contributed by atoms with van der Waals surface area (Å²) in [5.74, 6) is 1.81. The summed E-state index contributed by atoms with van der Waals surface area (Å²) in [6.45, 7) is 2.76. The maximum absolute atomic E-state index is 6.02.